The molecule has 1 aromatic carbocycles. The van der Waals surface area contributed by atoms with Gasteiger partial charge in [0, 0.05) is 23.5 Å². The van der Waals surface area contributed by atoms with Crippen LogP contribution in [0.4, 0.5) is 0 Å². The van der Waals surface area contributed by atoms with Gasteiger partial charge in [-0.3, -0.25) is 9.69 Å². The minimum absolute atomic E-state index is 0.0661. The molecular formula is C20H25N3O3S2. The zero-order valence-electron chi connectivity index (χ0n) is 15.6. The SMILES string of the molecule is C=CCNS(=O)(=O)c1cccc(C(=O)NC[C@@H](c2cccs2)N2CCCC2)c1. The first kappa shape index (κ1) is 20.7. The number of amides is 1. The van der Waals surface area contributed by atoms with E-state index in [1.807, 2.05) is 11.4 Å². The van der Waals surface area contributed by atoms with E-state index in [2.05, 4.69) is 27.6 Å². The van der Waals surface area contributed by atoms with Crippen molar-refractivity contribution in [1.82, 2.24) is 14.9 Å². The summed E-state index contributed by atoms with van der Waals surface area (Å²) in [6, 6.07) is 10.3. The number of thiophene rings is 1. The Balaban J connectivity index is 1.70. The van der Waals surface area contributed by atoms with Crippen molar-refractivity contribution < 1.29 is 13.2 Å². The largest absolute Gasteiger partial charge is 0.350 e. The number of nitrogens with one attached hydrogen (secondary N) is 2. The number of sulfonamides is 1. The Bertz CT molecular complexity index is 905. The molecule has 0 saturated carbocycles. The second-order valence-electron chi connectivity index (χ2n) is 6.65. The van der Waals surface area contributed by atoms with Gasteiger partial charge in [0.2, 0.25) is 10.0 Å². The minimum atomic E-state index is -3.67. The summed E-state index contributed by atoms with van der Waals surface area (Å²) in [6.45, 7) is 6.19. The van der Waals surface area contributed by atoms with E-state index in [1.165, 1.54) is 35.9 Å². The molecule has 1 fully saturated rings. The standard InChI is InChI=1S/C20H25N3O3S2/c1-2-10-22-28(25,26)17-8-5-7-16(14-17)20(24)21-15-18(19-9-6-13-27-19)23-11-3-4-12-23/h2,5-9,13-14,18,22H,1,3-4,10-12,15H2,(H,21,24)/t18-/m0/s1. The van der Waals surface area contributed by atoms with Crippen LogP contribution in [0, 0.1) is 0 Å². The summed E-state index contributed by atoms with van der Waals surface area (Å²) in [5, 5.41) is 5.03. The zero-order chi connectivity index (χ0) is 20.0. The summed E-state index contributed by atoms with van der Waals surface area (Å²) in [4.78, 5) is 16.4. The van der Waals surface area contributed by atoms with Gasteiger partial charge >= 0.3 is 0 Å². The summed E-state index contributed by atoms with van der Waals surface area (Å²) >= 11 is 1.69. The van der Waals surface area contributed by atoms with Crippen molar-refractivity contribution in [3.63, 3.8) is 0 Å². The second-order valence-corrected chi connectivity index (χ2v) is 9.40. The minimum Gasteiger partial charge on any atom is -0.350 e. The van der Waals surface area contributed by atoms with Gasteiger partial charge in [-0.15, -0.1) is 17.9 Å². The van der Waals surface area contributed by atoms with Crippen LogP contribution < -0.4 is 10.0 Å². The van der Waals surface area contributed by atoms with Crippen molar-refractivity contribution in [2.75, 3.05) is 26.2 Å². The molecule has 0 aliphatic carbocycles. The lowest BCUT2D eigenvalue weighted by molar-refractivity contribution is 0.0938. The predicted octanol–water partition coefficient (Wildman–Crippen LogP) is 2.78. The fourth-order valence-electron chi connectivity index (χ4n) is 3.29. The molecule has 3 rings (SSSR count). The molecule has 0 radical (unpaired) electrons. The monoisotopic (exact) mass is 419 g/mol. The van der Waals surface area contributed by atoms with Gasteiger partial charge in [0.1, 0.15) is 0 Å². The smallest absolute Gasteiger partial charge is 0.251 e. The zero-order valence-corrected chi connectivity index (χ0v) is 17.3. The van der Waals surface area contributed by atoms with Gasteiger partial charge < -0.3 is 5.32 Å². The molecule has 6 nitrogen and oxygen atoms in total. The van der Waals surface area contributed by atoms with Crippen molar-refractivity contribution >= 4 is 27.3 Å². The molecule has 2 heterocycles. The average Bonchev–Trinajstić information content (AvgIpc) is 3.41. The molecule has 1 aliphatic rings. The van der Waals surface area contributed by atoms with Crippen molar-refractivity contribution in [3.05, 3.63) is 64.9 Å². The van der Waals surface area contributed by atoms with Crippen molar-refractivity contribution in [2.45, 2.75) is 23.8 Å². The number of hydrogen-bond acceptors (Lipinski definition) is 5. The summed E-state index contributed by atoms with van der Waals surface area (Å²) < 4.78 is 26.9. The highest BCUT2D eigenvalue weighted by atomic mass is 32.2. The fraction of sp³-hybridized carbons (Fsp3) is 0.350. The van der Waals surface area contributed by atoms with Gasteiger partial charge in [0.05, 0.1) is 10.9 Å². The number of carbonyl (C=O) groups is 1. The molecule has 1 aliphatic heterocycles. The number of nitrogens with zero attached hydrogens (tertiary/aromatic N) is 1. The van der Waals surface area contributed by atoms with E-state index < -0.39 is 10.0 Å². The number of rotatable bonds is 9. The first-order valence-electron chi connectivity index (χ1n) is 9.27. The van der Waals surface area contributed by atoms with Crippen molar-refractivity contribution in [1.29, 1.82) is 0 Å². The third kappa shape index (κ3) is 5.08. The van der Waals surface area contributed by atoms with Crippen LogP contribution in [-0.2, 0) is 10.0 Å². The molecule has 1 aromatic heterocycles. The lowest BCUT2D eigenvalue weighted by Crippen LogP contribution is -2.36. The van der Waals surface area contributed by atoms with E-state index in [4.69, 9.17) is 0 Å². The van der Waals surface area contributed by atoms with E-state index in [0.29, 0.717) is 12.1 Å². The Morgan fingerprint density at radius 2 is 2.04 bits per heavy atom. The third-order valence-electron chi connectivity index (χ3n) is 4.73. The first-order valence-corrected chi connectivity index (χ1v) is 11.6. The van der Waals surface area contributed by atoms with Crippen LogP contribution in [-0.4, -0.2) is 45.4 Å². The Kier molecular flexibility index (Phi) is 7.01. The summed E-state index contributed by atoms with van der Waals surface area (Å²) in [6.07, 6.45) is 3.82. The molecule has 1 atom stereocenters. The second kappa shape index (κ2) is 9.47. The molecule has 8 heteroatoms. The molecule has 28 heavy (non-hydrogen) atoms. The summed E-state index contributed by atoms with van der Waals surface area (Å²) in [5.74, 6) is -0.276. The highest BCUT2D eigenvalue weighted by molar-refractivity contribution is 7.89. The molecule has 0 unspecified atom stereocenters. The highest BCUT2D eigenvalue weighted by Crippen LogP contribution is 2.28. The van der Waals surface area contributed by atoms with E-state index in [-0.39, 0.29) is 23.4 Å². The van der Waals surface area contributed by atoms with E-state index >= 15 is 0 Å². The Labute approximate surface area is 170 Å². The molecule has 2 aromatic rings. The fourth-order valence-corrected chi connectivity index (χ4v) is 5.20. The molecular weight excluding hydrogens is 394 g/mol. The van der Waals surface area contributed by atoms with E-state index in [9.17, 15) is 13.2 Å². The number of benzene rings is 1. The normalized spacial score (nSPS) is 16.0. The van der Waals surface area contributed by atoms with Crippen molar-refractivity contribution in [2.24, 2.45) is 0 Å². The lowest BCUT2D eigenvalue weighted by atomic mass is 10.2. The predicted molar refractivity (Wildman–Crippen MR) is 112 cm³/mol. The molecule has 0 spiro atoms. The van der Waals surface area contributed by atoms with E-state index in [1.54, 1.807) is 23.5 Å². The molecule has 150 valence electrons. The lowest BCUT2D eigenvalue weighted by Gasteiger charge is -2.27. The third-order valence-corrected chi connectivity index (χ3v) is 7.13. The maximum absolute atomic E-state index is 12.7. The van der Waals surface area contributed by atoms with Crippen LogP contribution >= 0.6 is 11.3 Å². The molecule has 0 bridgehead atoms. The van der Waals surface area contributed by atoms with E-state index in [0.717, 1.165) is 13.1 Å². The quantitative estimate of drug-likeness (QED) is 0.613. The molecule has 2 N–H and O–H groups in total. The van der Waals surface area contributed by atoms with Crippen LogP contribution in [0.1, 0.15) is 34.1 Å². The molecule has 1 amide bonds. The van der Waals surface area contributed by atoms with Gasteiger partial charge in [-0.1, -0.05) is 18.2 Å². The highest BCUT2D eigenvalue weighted by Gasteiger charge is 2.25. The van der Waals surface area contributed by atoms with Gasteiger partial charge in [-0.05, 0) is 55.6 Å². The Hall–Kier alpha value is -2.00. The van der Waals surface area contributed by atoms with Crippen LogP contribution in [0.15, 0.2) is 59.3 Å². The number of likely N-dealkylation sites (tertiary alicyclic amines) is 1. The Morgan fingerprint density at radius 1 is 1.25 bits per heavy atom. The van der Waals surface area contributed by atoms with Crippen molar-refractivity contribution in [3.8, 4) is 0 Å². The number of hydrogen-bond donors (Lipinski definition) is 2. The van der Waals surface area contributed by atoms with Gasteiger partial charge in [0.25, 0.3) is 5.91 Å². The maximum Gasteiger partial charge on any atom is 0.251 e. The summed E-state index contributed by atoms with van der Waals surface area (Å²) in [7, 11) is -3.67. The van der Waals surface area contributed by atoms with Gasteiger partial charge in [-0.2, -0.15) is 0 Å². The molecule has 1 saturated heterocycles. The van der Waals surface area contributed by atoms with Gasteiger partial charge in [0.15, 0.2) is 0 Å². The van der Waals surface area contributed by atoms with Gasteiger partial charge in [-0.25, -0.2) is 13.1 Å². The van der Waals surface area contributed by atoms with Crippen LogP contribution in [0.3, 0.4) is 0 Å². The average molecular weight is 420 g/mol. The van der Waals surface area contributed by atoms with Crippen LogP contribution in [0.5, 0.6) is 0 Å². The summed E-state index contributed by atoms with van der Waals surface area (Å²) in [5.41, 5.74) is 0.327. The number of carbonyl (C=O) groups excluding carboxylic acids is 1. The Morgan fingerprint density at radius 3 is 2.71 bits per heavy atom. The van der Waals surface area contributed by atoms with Crippen LogP contribution in [0.25, 0.3) is 0 Å². The first-order chi connectivity index (χ1) is 13.5. The maximum atomic E-state index is 12.7. The van der Waals surface area contributed by atoms with Crippen LogP contribution in [0.2, 0.25) is 0 Å². The topological polar surface area (TPSA) is 78.5 Å².